The van der Waals surface area contributed by atoms with Crippen LogP contribution in [0.3, 0.4) is 0 Å². The van der Waals surface area contributed by atoms with Crippen LogP contribution in [0.2, 0.25) is 0 Å². The van der Waals surface area contributed by atoms with E-state index >= 15 is 0 Å². The smallest absolute Gasteiger partial charge is 0.407 e. The zero-order valence-electron chi connectivity index (χ0n) is 10.3. The second-order valence-corrected chi connectivity index (χ2v) is 3.34. The van der Waals surface area contributed by atoms with Gasteiger partial charge in [-0.05, 0) is 31.9 Å². The van der Waals surface area contributed by atoms with E-state index in [1.54, 1.807) is 0 Å². The fourth-order valence-corrected chi connectivity index (χ4v) is 1.01. The molecule has 92 valence electrons. The number of carbonyl (C=O) groups is 1. The summed E-state index contributed by atoms with van der Waals surface area (Å²) in [7, 11) is 0. The molecule has 0 heterocycles. The van der Waals surface area contributed by atoms with Crippen LogP contribution >= 0.6 is 0 Å². The number of ether oxygens (including phenoxy) is 2. The van der Waals surface area contributed by atoms with Crippen molar-refractivity contribution in [2.45, 2.75) is 27.2 Å². The molecule has 0 aliphatic heterocycles. The normalized spacial score (nSPS) is 10.8. The molecule has 4 nitrogen and oxygen atoms in total. The first kappa shape index (κ1) is 14.6. The van der Waals surface area contributed by atoms with E-state index in [2.05, 4.69) is 11.9 Å². The zero-order chi connectivity index (χ0) is 12.4. The average molecular weight is 227 g/mol. The van der Waals surface area contributed by atoms with E-state index in [0.717, 1.165) is 17.8 Å². The van der Waals surface area contributed by atoms with Gasteiger partial charge in [-0.25, -0.2) is 4.79 Å². The molecule has 0 aromatic carbocycles. The third-order valence-electron chi connectivity index (χ3n) is 1.75. The lowest BCUT2D eigenvalue weighted by atomic mass is 10.3. The molecule has 0 aromatic heterocycles. The molecule has 0 aliphatic carbocycles. The maximum atomic E-state index is 11.0. The van der Waals surface area contributed by atoms with Crippen molar-refractivity contribution in [1.82, 2.24) is 5.32 Å². The molecule has 0 spiro atoms. The fourth-order valence-electron chi connectivity index (χ4n) is 1.01. The van der Waals surface area contributed by atoms with Gasteiger partial charge >= 0.3 is 6.09 Å². The first-order valence-electron chi connectivity index (χ1n) is 5.47. The highest BCUT2D eigenvalue weighted by Gasteiger charge is 2.01. The molecule has 0 bridgehead atoms. The molecule has 0 aliphatic rings. The van der Waals surface area contributed by atoms with E-state index in [4.69, 9.17) is 9.47 Å². The van der Waals surface area contributed by atoms with Crippen LogP contribution < -0.4 is 5.32 Å². The van der Waals surface area contributed by atoms with Gasteiger partial charge < -0.3 is 14.8 Å². The van der Waals surface area contributed by atoms with Crippen molar-refractivity contribution in [2.75, 3.05) is 19.8 Å². The van der Waals surface area contributed by atoms with Crippen LogP contribution in [0.15, 0.2) is 24.0 Å². The molecule has 1 N–H and O–H groups in total. The van der Waals surface area contributed by atoms with Crippen molar-refractivity contribution in [3.8, 4) is 0 Å². The number of allylic oxidation sites excluding steroid dienone is 2. The van der Waals surface area contributed by atoms with E-state index in [0.29, 0.717) is 19.8 Å². The molecule has 16 heavy (non-hydrogen) atoms. The molecule has 0 saturated carbocycles. The van der Waals surface area contributed by atoms with Crippen molar-refractivity contribution < 1.29 is 14.3 Å². The van der Waals surface area contributed by atoms with E-state index < -0.39 is 6.09 Å². The number of rotatable bonds is 7. The Morgan fingerprint density at radius 3 is 2.56 bits per heavy atom. The second kappa shape index (κ2) is 8.83. The number of nitrogens with one attached hydrogen (secondary N) is 1. The van der Waals surface area contributed by atoms with Gasteiger partial charge in [-0.3, -0.25) is 0 Å². The minimum absolute atomic E-state index is 0.400. The standard InChI is InChI=1S/C12H21NO3/c1-5-8-16-12(14)13-7-9-15-11(6-2)10(3)4/h6H,3,5,7-9H2,1-2,4H3,(H,13,14). The molecular formula is C12H21NO3. The monoisotopic (exact) mass is 227 g/mol. The highest BCUT2D eigenvalue weighted by Crippen LogP contribution is 2.06. The second-order valence-electron chi connectivity index (χ2n) is 3.34. The lowest BCUT2D eigenvalue weighted by Gasteiger charge is -2.10. The van der Waals surface area contributed by atoms with Gasteiger partial charge in [0.1, 0.15) is 12.4 Å². The molecule has 1 amide bonds. The van der Waals surface area contributed by atoms with Crippen LogP contribution in [0.4, 0.5) is 4.79 Å². The lowest BCUT2D eigenvalue weighted by molar-refractivity contribution is 0.141. The van der Waals surface area contributed by atoms with Crippen LogP contribution in [0.25, 0.3) is 0 Å². The van der Waals surface area contributed by atoms with Crippen LogP contribution in [0, 0.1) is 0 Å². The van der Waals surface area contributed by atoms with Crippen LogP contribution in [0.1, 0.15) is 27.2 Å². The van der Waals surface area contributed by atoms with Gasteiger partial charge in [0.2, 0.25) is 0 Å². The minimum atomic E-state index is -0.400. The summed E-state index contributed by atoms with van der Waals surface area (Å²) in [4.78, 5) is 11.0. The molecule has 0 aromatic rings. The van der Waals surface area contributed by atoms with Crippen LogP contribution in [0.5, 0.6) is 0 Å². The zero-order valence-corrected chi connectivity index (χ0v) is 10.3. The number of carbonyl (C=O) groups excluding carboxylic acids is 1. The third-order valence-corrected chi connectivity index (χ3v) is 1.75. The Morgan fingerprint density at radius 1 is 1.38 bits per heavy atom. The molecule has 0 rings (SSSR count). The van der Waals surface area contributed by atoms with E-state index in [9.17, 15) is 4.79 Å². The SMILES string of the molecule is C=C(C)C(=CC)OCCNC(=O)OCCC. The van der Waals surface area contributed by atoms with Gasteiger partial charge in [0.15, 0.2) is 0 Å². The van der Waals surface area contributed by atoms with Crippen molar-refractivity contribution in [3.63, 3.8) is 0 Å². The summed E-state index contributed by atoms with van der Waals surface area (Å²) < 4.78 is 10.2. The lowest BCUT2D eigenvalue weighted by Crippen LogP contribution is -2.28. The summed E-state index contributed by atoms with van der Waals surface area (Å²) in [5, 5.41) is 2.59. The minimum Gasteiger partial charge on any atom is -0.492 e. The molecule has 0 fully saturated rings. The highest BCUT2D eigenvalue weighted by atomic mass is 16.5. The highest BCUT2D eigenvalue weighted by molar-refractivity contribution is 5.66. The van der Waals surface area contributed by atoms with E-state index in [1.165, 1.54) is 0 Å². The molecule has 0 unspecified atom stereocenters. The Hall–Kier alpha value is -1.45. The number of hydrogen-bond acceptors (Lipinski definition) is 3. The van der Waals surface area contributed by atoms with Gasteiger partial charge in [0.05, 0.1) is 13.2 Å². The third kappa shape index (κ3) is 6.92. The first-order chi connectivity index (χ1) is 7.61. The van der Waals surface area contributed by atoms with Crippen molar-refractivity contribution in [2.24, 2.45) is 0 Å². The summed E-state index contributed by atoms with van der Waals surface area (Å²) in [5.41, 5.74) is 0.871. The summed E-state index contributed by atoms with van der Waals surface area (Å²) in [6, 6.07) is 0. The first-order valence-corrected chi connectivity index (χ1v) is 5.47. The maximum absolute atomic E-state index is 11.0. The summed E-state index contributed by atoms with van der Waals surface area (Å²) in [5.74, 6) is 0.753. The fraction of sp³-hybridized carbons (Fsp3) is 0.583. The molecule has 0 saturated heterocycles. The Morgan fingerprint density at radius 2 is 2.06 bits per heavy atom. The van der Waals surface area contributed by atoms with Gasteiger partial charge in [0, 0.05) is 0 Å². The largest absolute Gasteiger partial charge is 0.492 e. The Kier molecular flexibility index (Phi) is 8.03. The summed E-state index contributed by atoms with van der Waals surface area (Å²) in [6.07, 6.45) is 2.27. The summed E-state index contributed by atoms with van der Waals surface area (Å²) in [6.45, 7) is 10.8. The van der Waals surface area contributed by atoms with Gasteiger partial charge in [-0.2, -0.15) is 0 Å². The van der Waals surface area contributed by atoms with E-state index in [1.807, 2.05) is 26.8 Å². The Labute approximate surface area is 97.3 Å². The van der Waals surface area contributed by atoms with Crippen molar-refractivity contribution in [1.29, 1.82) is 0 Å². The van der Waals surface area contributed by atoms with E-state index in [-0.39, 0.29) is 0 Å². The predicted molar refractivity (Wildman–Crippen MR) is 64.2 cm³/mol. The average Bonchev–Trinajstić information content (AvgIpc) is 2.25. The Balaban J connectivity index is 3.60. The number of hydrogen-bond donors (Lipinski definition) is 1. The number of amides is 1. The molecular weight excluding hydrogens is 206 g/mol. The topological polar surface area (TPSA) is 47.6 Å². The molecule has 0 radical (unpaired) electrons. The van der Waals surface area contributed by atoms with Gasteiger partial charge in [-0.15, -0.1) is 0 Å². The number of alkyl carbamates (subject to hydrolysis) is 1. The Bertz CT molecular complexity index is 259. The van der Waals surface area contributed by atoms with Crippen molar-refractivity contribution >= 4 is 6.09 Å². The van der Waals surface area contributed by atoms with Gasteiger partial charge in [0.25, 0.3) is 0 Å². The predicted octanol–water partition coefficient (Wildman–Crippen LogP) is 2.62. The van der Waals surface area contributed by atoms with Crippen LogP contribution in [-0.2, 0) is 9.47 Å². The molecule has 0 atom stereocenters. The maximum Gasteiger partial charge on any atom is 0.407 e. The van der Waals surface area contributed by atoms with Gasteiger partial charge in [-0.1, -0.05) is 13.5 Å². The van der Waals surface area contributed by atoms with Crippen molar-refractivity contribution in [3.05, 3.63) is 24.0 Å². The summed E-state index contributed by atoms with van der Waals surface area (Å²) >= 11 is 0. The molecule has 4 heteroatoms. The quantitative estimate of drug-likeness (QED) is 0.413. The van der Waals surface area contributed by atoms with Crippen LogP contribution in [-0.4, -0.2) is 25.9 Å².